The molecule has 2 N–H and O–H groups in total. The Kier molecular flexibility index (Phi) is 8.06. The topological polar surface area (TPSA) is 64.1 Å². The number of benzene rings is 2. The highest BCUT2D eigenvalue weighted by Gasteiger charge is 2.15. The van der Waals surface area contributed by atoms with Crippen LogP contribution < -0.4 is 24.8 Å². The van der Waals surface area contributed by atoms with E-state index in [0.717, 1.165) is 11.6 Å². The van der Waals surface area contributed by atoms with E-state index in [1.165, 1.54) is 12.1 Å². The molecule has 0 spiro atoms. The third-order valence-electron chi connectivity index (χ3n) is 4.49. The number of nitrogens with one attached hydrogen (secondary N) is 2. The molecular weight excluding hydrogens is 380 g/mol. The van der Waals surface area contributed by atoms with Crippen molar-refractivity contribution >= 4 is 5.96 Å². The van der Waals surface area contributed by atoms with Gasteiger partial charge >= 0.3 is 0 Å². The van der Waals surface area contributed by atoms with Crippen molar-refractivity contribution < 1.29 is 23.0 Å². The van der Waals surface area contributed by atoms with E-state index in [9.17, 15) is 8.78 Å². The summed E-state index contributed by atoms with van der Waals surface area (Å²) in [5.41, 5.74) is 1.24. The number of aliphatic imine (C=N–C) groups is 1. The summed E-state index contributed by atoms with van der Waals surface area (Å²) in [6, 6.07) is 6.71. The smallest absolute Gasteiger partial charge is 0.191 e. The molecule has 0 radical (unpaired) electrons. The first-order valence-electron chi connectivity index (χ1n) is 9.14. The molecule has 0 heterocycles. The number of nitrogens with zero attached hydrogens (tertiary/aromatic N) is 1. The minimum absolute atomic E-state index is 0.354. The van der Waals surface area contributed by atoms with E-state index in [1.807, 2.05) is 0 Å². The molecule has 0 aliphatic carbocycles. The van der Waals surface area contributed by atoms with Gasteiger partial charge < -0.3 is 24.8 Å². The van der Waals surface area contributed by atoms with Crippen LogP contribution in [0.3, 0.4) is 0 Å². The third kappa shape index (κ3) is 5.73. The van der Waals surface area contributed by atoms with Crippen molar-refractivity contribution in [3.8, 4) is 17.2 Å². The van der Waals surface area contributed by atoms with E-state index < -0.39 is 17.7 Å². The monoisotopic (exact) mass is 407 g/mol. The lowest BCUT2D eigenvalue weighted by molar-refractivity contribution is 0.368. The quantitative estimate of drug-likeness (QED) is 0.518. The average molecular weight is 407 g/mol. The maximum Gasteiger partial charge on any atom is 0.191 e. The summed E-state index contributed by atoms with van der Waals surface area (Å²) in [7, 11) is 6.38. The molecule has 0 aliphatic rings. The number of hydrogen-bond donors (Lipinski definition) is 2. The first kappa shape index (κ1) is 22.3. The van der Waals surface area contributed by atoms with Crippen LogP contribution in [-0.4, -0.2) is 40.9 Å². The lowest BCUT2D eigenvalue weighted by Gasteiger charge is -2.20. The number of hydrogen-bond acceptors (Lipinski definition) is 4. The highest BCUT2D eigenvalue weighted by molar-refractivity contribution is 5.80. The minimum Gasteiger partial charge on any atom is -0.496 e. The van der Waals surface area contributed by atoms with Gasteiger partial charge in [-0.25, -0.2) is 8.78 Å². The van der Waals surface area contributed by atoms with E-state index in [4.69, 9.17) is 14.2 Å². The van der Waals surface area contributed by atoms with Gasteiger partial charge in [-0.3, -0.25) is 4.99 Å². The van der Waals surface area contributed by atoms with Crippen molar-refractivity contribution in [1.29, 1.82) is 0 Å². The number of methoxy groups -OCH3 is 3. The van der Waals surface area contributed by atoms with Crippen molar-refractivity contribution in [2.75, 3.05) is 34.9 Å². The van der Waals surface area contributed by atoms with Crippen molar-refractivity contribution in [2.45, 2.75) is 19.4 Å². The Hall–Kier alpha value is -3.03. The van der Waals surface area contributed by atoms with E-state index >= 15 is 0 Å². The Morgan fingerprint density at radius 3 is 2.21 bits per heavy atom. The standard InChI is InChI=1S/C21H27F2N3O3/c1-13(16-7-6-14(22)10-18(16)23)26-21(24-2)25-9-8-17-19(28-4)11-15(27-3)12-20(17)29-5/h6-7,10-13H,8-9H2,1-5H3,(H2,24,25,26). The summed E-state index contributed by atoms with van der Waals surface area (Å²) in [6.45, 7) is 2.30. The predicted octanol–water partition coefficient (Wildman–Crippen LogP) is 3.46. The van der Waals surface area contributed by atoms with E-state index in [-0.39, 0.29) is 0 Å². The summed E-state index contributed by atoms with van der Waals surface area (Å²) < 4.78 is 43.3. The first-order chi connectivity index (χ1) is 13.9. The van der Waals surface area contributed by atoms with Crippen molar-refractivity contribution in [1.82, 2.24) is 10.6 Å². The molecule has 0 amide bonds. The van der Waals surface area contributed by atoms with Crippen LogP contribution in [0.1, 0.15) is 24.1 Å². The highest BCUT2D eigenvalue weighted by Crippen LogP contribution is 2.34. The third-order valence-corrected chi connectivity index (χ3v) is 4.49. The summed E-state index contributed by atoms with van der Waals surface area (Å²) in [5.74, 6) is 1.24. The SMILES string of the molecule is CN=C(NCCc1c(OC)cc(OC)cc1OC)NC(C)c1ccc(F)cc1F. The van der Waals surface area contributed by atoms with Crippen molar-refractivity contribution in [2.24, 2.45) is 4.99 Å². The molecule has 1 unspecified atom stereocenters. The fraction of sp³-hybridized carbons (Fsp3) is 0.381. The molecule has 1 atom stereocenters. The first-order valence-corrected chi connectivity index (χ1v) is 9.14. The number of guanidine groups is 1. The van der Waals surface area contributed by atoms with Crippen LogP contribution in [0.25, 0.3) is 0 Å². The second-order valence-electron chi connectivity index (χ2n) is 6.29. The second kappa shape index (κ2) is 10.5. The van der Waals surface area contributed by atoms with Gasteiger partial charge in [-0.2, -0.15) is 0 Å². The largest absolute Gasteiger partial charge is 0.496 e. The fourth-order valence-corrected chi connectivity index (χ4v) is 2.96. The zero-order chi connectivity index (χ0) is 21.4. The van der Waals surface area contributed by atoms with Gasteiger partial charge in [0.2, 0.25) is 0 Å². The van der Waals surface area contributed by atoms with Gasteiger partial charge in [0.25, 0.3) is 0 Å². The second-order valence-corrected chi connectivity index (χ2v) is 6.29. The Morgan fingerprint density at radius 2 is 1.69 bits per heavy atom. The molecular formula is C21H27F2N3O3. The Labute approximate surface area is 169 Å². The molecule has 158 valence electrons. The average Bonchev–Trinajstić information content (AvgIpc) is 2.72. The Balaban J connectivity index is 2.03. The Morgan fingerprint density at radius 1 is 1.03 bits per heavy atom. The van der Waals surface area contributed by atoms with E-state index in [1.54, 1.807) is 47.4 Å². The lowest BCUT2D eigenvalue weighted by atomic mass is 10.1. The summed E-state index contributed by atoms with van der Waals surface area (Å²) in [4.78, 5) is 4.16. The maximum absolute atomic E-state index is 14.0. The molecule has 0 aliphatic heterocycles. The van der Waals surface area contributed by atoms with Gasteiger partial charge in [0.05, 0.1) is 27.4 Å². The van der Waals surface area contributed by atoms with Crippen LogP contribution in [0.5, 0.6) is 17.2 Å². The molecule has 0 bridgehead atoms. The van der Waals surface area contributed by atoms with Crippen LogP contribution in [0.2, 0.25) is 0 Å². The van der Waals surface area contributed by atoms with Crippen LogP contribution in [0.15, 0.2) is 35.3 Å². The zero-order valence-corrected chi connectivity index (χ0v) is 17.3. The predicted molar refractivity (Wildman–Crippen MR) is 109 cm³/mol. The lowest BCUT2D eigenvalue weighted by Crippen LogP contribution is -2.39. The van der Waals surface area contributed by atoms with Crippen LogP contribution in [0.4, 0.5) is 8.78 Å². The highest BCUT2D eigenvalue weighted by atomic mass is 19.1. The minimum atomic E-state index is -0.608. The van der Waals surface area contributed by atoms with Crippen LogP contribution >= 0.6 is 0 Å². The van der Waals surface area contributed by atoms with Gasteiger partial charge in [-0.15, -0.1) is 0 Å². The van der Waals surface area contributed by atoms with Gasteiger partial charge in [-0.05, 0) is 19.4 Å². The Bertz CT molecular complexity index is 834. The van der Waals surface area contributed by atoms with Gasteiger partial charge in [0.1, 0.15) is 28.9 Å². The molecule has 0 fully saturated rings. The molecule has 0 aromatic heterocycles. The van der Waals surface area contributed by atoms with E-state index in [0.29, 0.717) is 41.7 Å². The molecule has 0 saturated heterocycles. The normalized spacial score (nSPS) is 12.3. The van der Waals surface area contributed by atoms with Crippen LogP contribution in [-0.2, 0) is 6.42 Å². The molecule has 2 rings (SSSR count). The molecule has 2 aromatic rings. The van der Waals surface area contributed by atoms with Gasteiger partial charge in [0, 0.05) is 42.9 Å². The fourth-order valence-electron chi connectivity index (χ4n) is 2.96. The number of ether oxygens (including phenoxy) is 3. The zero-order valence-electron chi connectivity index (χ0n) is 17.3. The summed E-state index contributed by atoms with van der Waals surface area (Å²) in [6.07, 6.45) is 0.594. The van der Waals surface area contributed by atoms with Gasteiger partial charge in [-0.1, -0.05) is 6.07 Å². The summed E-state index contributed by atoms with van der Waals surface area (Å²) in [5, 5.41) is 6.28. The number of rotatable bonds is 8. The van der Waals surface area contributed by atoms with Gasteiger partial charge in [0.15, 0.2) is 5.96 Å². The van der Waals surface area contributed by atoms with E-state index in [2.05, 4.69) is 15.6 Å². The molecule has 29 heavy (non-hydrogen) atoms. The van der Waals surface area contributed by atoms with Crippen LogP contribution in [0, 0.1) is 11.6 Å². The van der Waals surface area contributed by atoms with Crippen molar-refractivity contribution in [3.05, 3.63) is 53.1 Å². The maximum atomic E-state index is 14.0. The molecule has 2 aromatic carbocycles. The number of halogens is 2. The molecule has 8 heteroatoms. The molecule has 6 nitrogen and oxygen atoms in total. The molecule has 0 saturated carbocycles. The van der Waals surface area contributed by atoms with Crippen molar-refractivity contribution in [3.63, 3.8) is 0 Å². The summed E-state index contributed by atoms with van der Waals surface area (Å²) >= 11 is 0.